The molecule has 1 aliphatic rings. The Morgan fingerprint density at radius 1 is 1.09 bits per heavy atom. The molecule has 0 aromatic heterocycles. The molecular weight excluding hydrogens is 493 g/mol. The zero-order valence-electron chi connectivity index (χ0n) is 19.7. The second-order valence-corrected chi connectivity index (χ2v) is 7.86. The quantitative estimate of drug-likeness (QED) is 0.307. The maximum atomic E-state index is 7.74. The molecule has 0 atom stereocenters. The van der Waals surface area contributed by atoms with Crippen molar-refractivity contribution in [3.63, 3.8) is 0 Å². The predicted molar refractivity (Wildman–Crippen MR) is 151 cm³/mol. The van der Waals surface area contributed by atoms with E-state index < -0.39 is 0 Å². The SMILES string of the molecule is CCN(C/C=C/c1cccc(C(=N)N)c1)c1ccc(OC2CCN(C(C)=N)CC2)cc1.Cl.Cl.Cl. The highest BCUT2D eigenvalue weighted by molar-refractivity contribution is 5.95. The fourth-order valence-electron chi connectivity index (χ4n) is 3.78. The summed E-state index contributed by atoms with van der Waals surface area (Å²) < 4.78 is 6.16. The van der Waals surface area contributed by atoms with Crippen LogP contribution in [0.2, 0.25) is 0 Å². The third-order valence-electron chi connectivity index (χ3n) is 5.64. The summed E-state index contributed by atoms with van der Waals surface area (Å²) in [5.74, 6) is 1.63. The Bertz CT molecular complexity index is 928. The first-order valence-corrected chi connectivity index (χ1v) is 10.9. The number of nitrogens with two attached hydrogens (primary N) is 1. The molecule has 0 amide bonds. The van der Waals surface area contributed by atoms with Crippen molar-refractivity contribution in [2.45, 2.75) is 32.8 Å². The van der Waals surface area contributed by atoms with Crippen molar-refractivity contribution >= 4 is 60.7 Å². The number of nitrogens with zero attached hydrogens (tertiary/aromatic N) is 2. The van der Waals surface area contributed by atoms with Gasteiger partial charge in [0.2, 0.25) is 0 Å². The molecule has 6 nitrogen and oxygen atoms in total. The van der Waals surface area contributed by atoms with Crippen molar-refractivity contribution < 1.29 is 4.74 Å². The van der Waals surface area contributed by atoms with E-state index in [1.54, 1.807) is 0 Å². The van der Waals surface area contributed by atoms with Crippen LogP contribution in [0.5, 0.6) is 5.75 Å². The van der Waals surface area contributed by atoms with E-state index in [2.05, 4.69) is 41.0 Å². The van der Waals surface area contributed by atoms with Crippen LogP contribution < -0.4 is 15.4 Å². The van der Waals surface area contributed by atoms with Gasteiger partial charge in [0.25, 0.3) is 0 Å². The summed E-state index contributed by atoms with van der Waals surface area (Å²) in [5.41, 5.74) is 8.51. The fourth-order valence-corrected chi connectivity index (χ4v) is 3.78. The van der Waals surface area contributed by atoms with Crippen LogP contribution in [-0.2, 0) is 0 Å². The fraction of sp³-hybridized carbons (Fsp3) is 0.360. The number of nitrogen functional groups attached to an aromatic ring is 1. The molecular formula is C25H36Cl3N5O. The highest BCUT2D eigenvalue weighted by Crippen LogP contribution is 2.23. The molecule has 0 saturated carbocycles. The smallest absolute Gasteiger partial charge is 0.122 e. The largest absolute Gasteiger partial charge is 0.490 e. The van der Waals surface area contributed by atoms with E-state index in [0.717, 1.165) is 61.6 Å². The Hall–Kier alpha value is -2.41. The van der Waals surface area contributed by atoms with E-state index in [4.69, 9.17) is 21.3 Å². The van der Waals surface area contributed by atoms with Gasteiger partial charge >= 0.3 is 0 Å². The Balaban J connectivity index is 0.00000363. The van der Waals surface area contributed by atoms with Gasteiger partial charge in [0, 0.05) is 50.3 Å². The molecule has 0 spiro atoms. The Labute approximate surface area is 221 Å². The molecule has 1 saturated heterocycles. The van der Waals surface area contributed by atoms with Crippen LogP contribution in [0.4, 0.5) is 5.69 Å². The van der Waals surface area contributed by atoms with Gasteiger partial charge in [-0.2, -0.15) is 0 Å². The predicted octanol–water partition coefficient (Wildman–Crippen LogP) is 5.62. The molecule has 0 unspecified atom stereocenters. The molecule has 188 valence electrons. The highest BCUT2D eigenvalue weighted by Gasteiger charge is 2.20. The Morgan fingerprint density at radius 3 is 2.29 bits per heavy atom. The number of anilines is 1. The normalized spacial score (nSPS) is 13.3. The van der Waals surface area contributed by atoms with Crippen LogP contribution in [0.3, 0.4) is 0 Å². The van der Waals surface area contributed by atoms with E-state index in [1.165, 1.54) is 0 Å². The monoisotopic (exact) mass is 527 g/mol. The molecule has 9 heteroatoms. The standard InChI is InChI=1S/C25H33N5O.3ClH/c1-3-29(15-5-7-20-6-4-8-21(18-20)25(27)28)22-9-11-23(12-10-22)31-24-13-16-30(17-14-24)19(2)26;;;/h4-12,18,24,26H,3,13-17H2,1-2H3,(H3,27,28);3*1H/b7-5+,26-19?;;;. The van der Waals surface area contributed by atoms with Crippen LogP contribution in [0, 0.1) is 10.8 Å². The Morgan fingerprint density at radius 2 is 1.74 bits per heavy atom. The van der Waals surface area contributed by atoms with Gasteiger partial charge in [-0.25, -0.2) is 0 Å². The van der Waals surface area contributed by atoms with Crippen LogP contribution in [0.25, 0.3) is 6.08 Å². The van der Waals surface area contributed by atoms with Crippen molar-refractivity contribution in [3.8, 4) is 5.75 Å². The van der Waals surface area contributed by atoms with Crippen LogP contribution in [0.15, 0.2) is 54.6 Å². The third-order valence-corrected chi connectivity index (χ3v) is 5.64. The topological polar surface area (TPSA) is 89.4 Å². The third kappa shape index (κ3) is 9.09. The van der Waals surface area contributed by atoms with E-state index in [1.807, 2.05) is 43.3 Å². The first kappa shape index (κ1) is 31.6. The molecule has 1 aliphatic heterocycles. The minimum absolute atomic E-state index is 0. The summed E-state index contributed by atoms with van der Waals surface area (Å²) >= 11 is 0. The summed E-state index contributed by atoms with van der Waals surface area (Å²) in [6.07, 6.45) is 6.32. The minimum atomic E-state index is 0. The summed E-state index contributed by atoms with van der Waals surface area (Å²) in [6, 6.07) is 16.0. The van der Waals surface area contributed by atoms with Gasteiger partial charge in [-0.05, 0) is 49.7 Å². The van der Waals surface area contributed by atoms with Gasteiger partial charge in [0.1, 0.15) is 17.7 Å². The first-order valence-electron chi connectivity index (χ1n) is 10.9. The van der Waals surface area contributed by atoms with E-state index in [9.17, 15) is 0 Å². The van der Waals surface area contributed by atoms with Gasteiger partial charge in [-0.1, -0.05) is 30.4 Å². The van der Waals surface area contributed by atoms with E-state index in [-0.39, 0.29) is 49.2 Å². The zero-order valence-corrected chi connectivity index (χ0v) is 22.1. The number of benzene rings is 2. The van der Waals surface area contributed by atoms with E-state index in [0.29, 0.717) is 5.84 Å². The Kier molecular flexibility index (Phi) is 14.4. The van der Waals surface area contributed by atoms with Gasteiger partial charge in [0.05, 0.1) is 5.84 Å². The summed E-state index contributed by atoms with van der Waals surface area (Å²) in [5, 5.41) is 15.3. The number of ether oxygens (including phenoxy) is 1. The van der Waals surface area contributed by atoms with Gasteiger partial charge in [-0.3, -0.25) is 10.8 Å². The number of rotatable bonds is 8. The highest BCUT2D eigenvalue weighted by atomic mass is 35.5. The van der Waals surface area contributed by atoms with Crippen LogP contribution >= 0.6 is 37.2 Å². The summed E-state index contributed by atoms with van der Waals surface area (Å²) in [6.45, 7) is 7.47. The lowest BCUT2D eigenvalue weighted by molar-refractivity contribution is 0.130. The molecule has 0 aliphatic carbocycles. The second kappa shape index (κ2) is 15.5. The molecule has 2 aromatic rings. The molecule has 0 radical (unpaired) electrons. The lowest BCUT2D eigenvalue weighted by atomic mass is 10.1. The molecule has 1 heterocycles. The molecule has 3 rings (SSSR count). The lowest BCUT2D eigenvalue weighted by Crippen LogP contribution is -2.40. The van der Waals surface area contributed by atoms with Crippen molar-refractivity contribution in [3.05, 3.63) is 65.7 Å². The molecule has 2 aromatic carbocycles. The first-order chi connectivity index (χ1) is 15.0. The van der Waals surface area contributed by atoms with E-state index >= 15 is 0 Å². The number of piperidine rings is 1. The number of nitrogens with one attached hydrogen (secondary N) is 2. The molecule has 34 heavy (non-hydrogen) atoms. The second-order valence-electron chi connectivity index (χ2n) is 7.86. The maximum Gasteiger partial charge on any atom is 0.122 e. The van der Waals surface area contributed by atoms with Crippen LogP contribution in [0.1, 0.15) is 37.8 Å². The number of likely N-dealkylation sites (N-methyl/N-ethyl adjacent to an activating group) is 1. The van der Waals surface area contributed by atoms with Gasteiger partial charge in [-0.15, -0.1) is 37.2 Å². The van der Waals surface area contributed by atoms with Gasteiger partial charge < -0.3 is 20.3 Å². The molecule has 4 N–H and O–H groups in total. The molecule has 0 bridgehead atoms. The lowest BCUT2D eigenvalue weighted by Gasteiger charge is -2.32. The number of likely N-dealkylation sites (tertiary alicyclic amines) is 1. The number of hydrogen-bond acceptors (Lipinski definition) is 4. The average Bonchev–Trinajstić information content (AvgIpc) is 2.78. The summed E-state index contributed by atoms with van der Waals surface area (Å²) in [4.78, 5) is 4.40. The van der Waals surface area contributed by atoms with Crippen molar-refractivity contribution in [2.75, 3.05) is 31.1 Å². The van der Waals surface area contributed by atoms with Gasteiger partial charge in [0.15, 0.2) is 0 Å². The molecule has 1 fully saturated rings. The average molecular weight is 529 g/mol. The zero-order chi connectivity index (χ0) is 22.2. The van der Waals surface area contributed by atoms with Crippen molar-refractivity contribution in [1.29, 1.82) is 10.8 Å². The number of hydrogen-bond donors (Lipinski definition) is 3. The number of halogens is 3. The van der Waals surface area contributed by atoms with Crippen LogP contribution in [-0.4, -0.2) is 48.9 Å². The van der Waals surface area contributed by atoms with Crippen molar-refractivity contribution in [1.82, 2.24) is 4.90 Å². The van der Waals surface area contributed by atoms with Crippen molar-refractivity contribution in [2.24, 2.45) is 5.73 Å². The summed E-state index contributed by atoms with van der Waals surface area (Å²) in [7, 11) is 0. The minimum Gasteiger partial charge on any atom is -0.490 e. The number of amidine groups is 2. The maximum absolute atomic E-state index is 7.74.